The largest absolute Gasteiger partial charge is 0.481 e. The maximum Gasteiger partial charge on any atom is 0.308 e. The predicted molar refractivity (Wildman–Crippen MR) is 89.5 cm³/mol. The van der Waals surface area contributed by atoms with Crippen LogP contribution in [0.3, 0.4) is 0 Å². The van der Waals surface area contributed by atoms with E-state index in [1.54, 1.807) is 22.9 Å². The summed E-state index contributed by atoms with van der Waals surface area (Å²) >= 11 is 6.00. The Morgan fingerprint density at radius 2 is 2.12 bits per heavy atom. The maximum absolute atomic E-state index is 12.4. The fourth-order valence-electron chi connectivity index (χ4n) is 3.13. The Bertz CT molecular complexity index is 787. The fraction of sp³-hybridized carbons (Fsp3) is 0.353. The van der Waals surface area contributed by atoms with Gasteiger partial charge in [-0.2, -0.15) is 5.10 Å². The molecule has 24 heavy (non-hydrogen) atoms. The van der Waals surface area contributed by atoms with Crippen molar-refractivity contribution in [2.24, 2.45) is 5.92 Å². The zero-order chi connectivity index (χ0) is 17.3. The average molecular weight is 348 g/mol. The molecular formula is C17H18ClN3O3. The monoisotopic (exact) mass is 347 g/mol. The second kappa shape index (κ2) is 6.65. The van der Waals surface area contributed by atoms with E-state index in [0.717, 1.165) is 17.8 Å². The highest BCUT2D eigenvalue weighted by atomic mass is 35.5. The number of hydrogen-bond acceptors (Lipinski definition) is 3. The van der Waals surface area contributed by atoms with Gasteiger partial charge in [-0.15, -0.1) is 0 Å². The van der Waals surface area contributed by atoms with Gasteiger partial charge in [0, 0.05) is 16.8 Å². The topological polar surface area (TPSA) is 84.2 Å². The maximum atomic E-state index is 12.4. The molecule has 2 atom stereocenters. The van der Waals surface area contributed by atoms with Crippen molar-refractivity contribution < 1.29 is 14.7 Å². The van der Waals surface area contributed by atoms with Gasteiger partial charge in [0.15, 0.2) is 5.69 Å². The number of carbonyl (C=O) groups is 2. The molecule has 1 fully saturated rings. The van der Waals surface area contributed by atoms with E-state index in [-0.39, 0.29) is 17.6 Å². The molecule has 6 nitrogen and oxygen atoms in total. The zero-order valence-electron chi connectivity index (χ0n) is 13.2. The molecule has 3 rings (SSSR count). The number of nitrogens with zero attached hydrogens (tertiary/aromatic N) is 2. The van der Waals surface area contributed by atoms with E-state index in [2.05, 4.69) is 10.4 Å². The average Bonchev–Trinajstić information content (AvgIpc) is 3.14. The van der Waals surface area contributed by atoms with Gasteiger partial charge in [-0.1, -0.05) is 24.1 Å². The lowest BCUT2D eigenvalue weighted by atomic mass is 10.0. The first-order chi connectivity index (χ1) is 11.5. The quantitative estimate of drug-likeness (QED) is 0.890. The zero-order valence-corrected chi connectivity index (χ0v) is 14.0. The highest BCUT2D eigenvalue weighted by molar-refractivity contribution is 6.30. The summed E-state index contributed by atoms with van der Waals surface area (Å²) in [5.41, 5.74) is 1.83. The third-order valence-corrected chi connectivity index (χ3v) is 4.56. The minimum absolute atomic E-state index is 0.267. The molecular weight excluding hydrogens is 330 g/mol. The molecule has 1 aliphatic rings. The summed E-state index contributed by atoms with van der Waals surface area (Å²) in [6.45, 7) is 1.85. The van der Waals surface area contributed by atoms with E-state index in [1.807, 2.05) is 19.1 Å². The normalized spacial score (nSPS) is 20.1. The third kappa shape index (κ3) is 3.28. The summed E-state index contributed by atoms with van der Waals surface area (Å²) in [5.74, 6) is -1.74. The summed E-state index contributed by atoms with van der Waals surface area (Å²) in [4.78, 5) is 23.6. The Morgan fingerprint density at radius 1 is 1.33 bits per heavy atom. The molecule has 126 valence electrons. The Morgan fingerprint density at radius 3 is 2.83 bits per heavy atom. The van der Waals surface area contributed by atoms with Gasteiger partial charge in [0.25, 0.3) is 5.91 Å². The Kier molecular flexibility index (Phi) is 4.57. The highest BCUT2D eigenvalue weighted by Gasteiger charge is 2.34. The van der Waals surface area contributed by atoms with Gasteiger partial charge in [-0.05, 0) is 44.0 Å². The van der Waals surface area contributed by atoms with Gasteiger partial charge < -0.3 is 10.4 Å². The van der Waals surface area contributed by atoms with Crippen LogP contribution in [-0.4, -0.2) is 32.8 Å². The molecule has 0 spiro atoms. The van der Waals surface area contributed by atoms with Crippen molar-refractivity contribution in [3.63, 3.8) is 0 Å². The molecule has 1 aromatic carbocycles. The molecule has 1 amide bonds. The summed E-state index contributed by atoms with van der Waals surface area (Å²) in [7, 11) is 0. The standard InChI is InChI=1S/C17H18ClN3O3/c1-10-8-15(20-21(10)12-5-2-4-11(18)9-12)16(22)19-14-7-3-6-13(14)17(23)24/h2,4-5,8-9,13-14H,3,6-7H2,1H3,(H,19,22)(H,23,24)/t13-,14+/m0/s1. The molecule has 2 aromatic rings. The van der Waals surface area contributed by atoms with E-state index in [0.29, 0.717) is 17.9 Å². The number of aromatic nitrogens is 2. The van der Waals surface area contributed by atoms with Gasteiger partial charge in [-0.25, -0.2) is 4.68 Å². The number of benzene rings is 1. The fourth-order valence-corrected chi connectivity index (χ4v) is 3.31. The Hall–Kier alpha value is -2.34. The van der Waals surface area contributed by atoms with Gasteiger partial charge in [0.2, 0.25) is 0 Å². The molecule has 1 aromatic heterocycles. The first-order valence-corrected chi connectivity index (χ1v) is 8.20. The first kappa shape index (κ1) is 16.5. The third-order valence-electron chi connectivity index (χ3n) is 4.32. The summed E-state index contributed by atoms with van der Waals surface area (Å²) in [5, 5.41) is 16.9. The van der Waals surface area contributed by atoms with E-state index in [4.69, 9.17) is 11.6 Å². The molecule has 0 bridgehead atoms. The molecule has 2 N–H and O–H groups in total. The van der Waals surface area contributed by atoms with Crippen LogP contribution in [0.5, 0.6) is 0 Å². The van der Waals surface area contributed by atoms with Crippen LogP contribution >= 0.6 is 11.6 Å². The van der Waals surface area contributed by atoms with Crippen molar-refractivity contribution in [1.29, 1.82) is 0 Å². The number of amides is 1. The van der Waals surface area contributed by atoms with Crippen LogP contribution in [0.2, 0.25) is 5.02 Å². The number of carbonyl (C=O) groups excluding carboxylic acids is 1. The van der Waals surface area contributed by atoms with Crippen molar-refractivity contribution in [3.05, 3.63) is 46.7 Å². The number of aryl methyl sites for hydroxylation is 1. The molecule has 1 saturated carbocycles. The van der Waals surface area contributed by atoms with Crippen LogP contribution in [0.15, 0.2) is 30.3 Å². The van der Waals surface area contributed by atoms with Crippen LogP contribution in [0.25, 0.3) is 5.69 Å². The summed E-state index contributed by atoms with van der Waals surface area (Å²) < 4.78 is 1.64. The molecule has 1 aliphatic carbocycles. The molecule has 0 saturated heterocycles. The van der Waals surface area contributed by atoms with Crippen molar-refractivity contribution in [2.75, 3.05) is 0 Å². The second-order valence-electron chi connectivity index (χ2n) is 6.02. The van der Waals surface area contributed by atoms with E-state index >= 15 is 0 Å². The van der Waals surface area contributed by atoms with Gasteiger partial charge in [0.05, 0.1) is 11.6 Å². The van der Waals surface area contributed by atoms with E-state index in [9.17, 15) is 14.7 Å². The van der Waals surface area contributed by atoms with Crippen molar-refractivity contribution in [3.8, 4) is 5.69 Å². The highest BCUT2D eigenvalue weighted by Crippen LogP contribution is 2.26. The second-order valence-corrected chi connectivity index (χ2v) is 6.45. The first-order valence-electron chi connectivity index (χ1n) is 7.82. The number of aliphatic carboxylic acids is 1. The summed E-state index contributed by atoms with van der Waals surface area (Å²) in [6.07, 6.45) is 2.07. The number of carboxylic acid groups (broad SMARTS) is 1. The van der Waals surface area contributed by atoms with Gasteiger partial charge in [0.1, 0.15) is 0 Å². The van der Waals surface area contributed by atoms with Gasteiger partial charge in [-0.3, -0.25) is 9.59 Å². The van der Waals surface area contributed by atoms with Crippen LogP contribution < -0.4 is 5.32 Å². The number of halogens is 1. The minimum Gasteiger partial charge on any atom is -0.481 e. The van der Waals surface area contributed by atoms with E-state index < -0.39 is 11.9 Å². The molecule has 0 unspecified atom stereocenters. The lowest BCUT2D eigenvalue weighted by Gasteiger charge is -2.16. The molecule has 0 aliphatic heterocycles. The Balaban J connectivity index is 1.79. The predicted octanol–water partition coefficient (Wildman–Crippen LogP) is 2.82. The van der Waals surface area contributed by atoms with Crippen LogP contribution in [0.1, 0.15) is 35.4 Å². The number of nitrogens with one attached hydrogen (secondary N) is 1. The number of rotatable bonds is 4. The van der Waals surface area contributed by atoms with Crippen molar-refractivity contribution >= 4 is 23.5 Å². The Labute approximate surface area is 144 Å². The van der Waals surface area contributed by atoms with Crippen LogP contribution in [0.4, 0.5) is 0 Å². The van der Waals surface area contributed by atoms with E-state index in [1.165, 1.54) is 0 Å². The van der Waals surface area contributed by atoms with Gasteiger partial charge >= 0.3 is 5.97 Å². The summed E-state index contributed by atoms with van der Waals surface area (Å²) in [6, 6.07) is 8.54. The molecule has 1 heterocycles. The van der Waals surface area contributed by atoms with Crippen LogP contribution in [-0.2, 0) is 4.79 Å². The number of carboxylic acids is 1. The molecule has 7 heteroatoms. The van der Waals surface area contributed by atoms with Crippen molar-refractivity contribution in [1.82, 2.24) is 15.1 Å². The lowest BCUT2D eigenvalue weighted by Crippen LogP contribution is -2.40. The smallest absolute Gasteiger partial charge is 0.308 e. The number of hydrogen-bond donors (Lipinski definition) is 2. The minimum atomic E-state index is -0.863. The van der Waals surface area contributed by atoms with Crippen LogP contribution in [0, 0.1) is 12.8 Å². The molecule has 0 radical (unpaired) electrons. The lowest BCUT2D eigenvalue weighted by molar-refractivity contribution is -0.142. The van der Waals surface area contributed by atoms with Crippen molar-refractivity contribution in [2.45, 2.75) is 32.2 Å². The SMILES string of the molecule is Cc1cc(C(=O)N[C@@H]2CCC[C@@H]2C(=O)O)nn1-c1cccc(Cl)c1.